The van der Waals surface area contributed by atoms with E-state index >= 15 is 0 Å². The molecule has 1 aliphatic rings. The van der Waals surface area contributed by atoms with Gasteiger partial charge in [0, 0.05) is 31.9 Å². The molecule has 1 aliphatic heterocycles. The van der Waals surface area contributed by atoms with Crippen LogP contribution in [0.3, 0.4) is 0 Å². The van der Waals surface area contributed by atoms with E-state index < -0.39 is 11.7 Å². The second kappa shape index (κ2) is 8.55. The van der Waals surface area contributed by atoms with E-state index in [0.29, 0.717) is 30.6 Å². The smallest absolute Gasteiger partial charge is 0.264 e. The van der Waals surface area contributed by atoms with Gasteiger partial charge in [0.25, 0.3) is 17.4 Å². The Balaban J connectivity index is 1.72. The van der Waals surface area contributed by atoms with Gasteiger partial charge in [-0.25, -0.2) is 4.39 Å². The minimum atomic E-state index is -0.429. The van der Waals surface area contributed by atoms with E-state index in [1.54, 1.807) is 11.1 Å². The average molecular weight is 419 g/mol. The van der Waals surface area contributed by atoms with Crippen molar-refractivity contribution in [3.05, 3.63) is 105 Å². The van der Waals surface area contributed by atoms with Crippen LogP contribution in [-0.2, 0) is 19.5 Å². The number of fused-ring (bicyclic) bond motifs is 1. The summed E-state index contributed by atoms with van der Waals surface area (Å²) in [6.07, 6.45) is 2.13. The van der Waals surface area contributed by atoms with E-state index in [2.05, 4.69) is 5.32 Å². The highest BCUT2D eigenvalue weighted by Gasteiger charge is 2.28. The molecule has 0 atom stereocenters. The lowest BCUT2D eigenvalue weighted by atomic mass is 9.95. The number of hydrogen-bond acceptors (Lipinski definition) is 3. The first kappa shape index (κ1) is 20.5. The quantitative estimate of drug-likeness (QED) is 0.707. The van der Waals surface area contributed by atoms with Crippen molar-refractivity contribution in [1.82, 2.24) is 14.8 Å². The fourth-order valence-electron chi connectivity index (χ4n) is 3.92. The third kappa shape index (κ3) is 4.12. The van der Waals surface area contributed by atoms with Crippen molar-refractivity contribution in [2.24, 2.45) is 0 Å². The molecule has 0 radical (unpaired) electrons. The number of benzene rings is 2. The zero-order valence-electron chi connectivity index (χ0n) is 17.1. The third-order valence-electron chi connectivity index (χ3n) is 5.50. The molecule has 0 fully saturated rings. The lowest BCUT2D eigenvalue weighted by molar-refractivity contribution is 0.0734. The summed E-state index contributed by atoms with van der Waals surface area (Å²) in [7, 11) is 1.50. The van der Waals surface area contributed by atoms with Crippen molar-refractivity contribution in [2.75, 3.05) is 13.6 Å². The molecule has 2 aromatic carbocycles. The molecule has 31 heavy (non-hydrogen) atoms. The molecule has 0 saturated carbocycles. The van der Waals surface area contributed by atoms with Gasteiger partial charge < -0.3 is 14.8 Å². The summed E-state index contributed by atoms with van der Waals surface area (Å²) in [5.74, 6) is -1.05. The van der Waals surface area contributed by atoms with Crippen molar-refractivity contribution < 1.29 is 14.0 Å². The van der Waals surface area contributed by atoms with Gasteiger partial charge in [-0.3, -0.25) is 14.4 Å². The van der Waals surface area contributed by atoms with Crippen molar-refractivity contribution in [3.63, 3.8) is 0 Å². The maximum Gasteiger partial charge on any atom is 0.264 e. The van der Waals surface area contributed by atoms with Crippen LogP contribution < -0.4 is 10.9 Å². The summed E-state index contributed by atoms with van der Waals surface area (Å²) in [6.45, 7) is 0.961. The van der Waals surface area contributed by atoms with Crippen LogP contribution in [0, 0.1) is 5.82 Å². The molecule has 2 heterocycles. The average Bonchev–Trinajstić information content (AvgIpc) is 2.79. The zero-order valence-corrected chi connectivity index (χ0v) is 17.1. The van der Waals surface area contributed by atoms with Crippen LogP contribution in [0.25, 0.3) is 0 Å². The Bertz CT molecular complexity index is 1190. The van der Waals surface area contributed by atoms with Gasteiger partial charge in [-0.05, 0) is 47.4 Å². The van der Waals surface area contributed by atoms with Crippen LogP contribution >= 0.6 is 0 Å². The molecular formula is C24H22FN3O3. The number of carbonyl (C=O) groups is 2. The number of hydrogen-bond donors (Lipinski definition) is 1. The SMILES string of the molecule is CNC(=O)c1c2c(cn(Cc3ccccc3)c1=O)CN(C(=O)c1ccc(F)cc1)CC2. The van der Waals surface area contributed by atoms with Gasteiger partial charge in [-0.1, -0.05) is 30.3 Å². The van der Waals surface area contributed by atoms with Crippen LogP contribution in [0.15, 0.2) is 65.6 Å². The Morgan fingerprint density at radius 2 is 1.77 bits per heavy atom. The van der Waals surface area contributed by atoms with Gasteiger partial charge in [0.15, 0.2) is 0 Å². The minimum Gasteiger partial charge on any atom is -0.355 e. The Kier molecular flexibility index (Phi) is 5.66. The van der Waals surface area contributed by atoms with E-state index in [1.165, 1.54) is 35.9 Å². The molecular weight excluding hydrogens is 397 g/mol. The second-order valence-electron chi connectivity index (χ2n) is 7.49. The Morgan fingerprint density at radius 1 is 1.06 bits per heavy atom. The van der Waals surface area contributed by atoms with E-state index in [-0.39, 0.29) is 23.6 Å². The van der Waals surface area contributed by atoms with E-state index in [1.807, 2.05) is 30.3 Å². The molecule has 7 heteroatoms. The number of nitrogens with one attached hydrogen (secondary N) is 1. The lowest BCUT2D eigenvalue weighted by Crippen LogP contribution is -2.41. The molecule has 0 bridgehead atoms. The first-order chi connectivity index (χ1) is 15.0. The Morgan fingerprint density at radius 3 is 2.45 bits per heavy atom. The summed E-state index contributed by atoms with van der Waals surface area (Å²) in [5, 5.41) is 2.56. The number of amides is 2. The maximum absolute atomic E-state index is 13.2. The van der Waals surface area contributed by atoms with Gasteiger partial charge in [0.05, 0.1) is 6.54 Å². The normalized spacial score (nSPS) is 12.9. The van der Waals surface area contributed by atoms with E-state index in [9.17, 15) is 18.8 Å². The fourth-order valence-corrected chi connectivity index (χ4v) is 3.92. The number of halogens is 1. The minimum absolute atomic E-state index is 0.129. The van der Waals surface area contributed by atoms with Gasteiger partial charge in [0.2, 0.25) is 0 Å². The number of carbonyl (C=O) groups excluding carboxylic acids is 2. The standard InChI is InChI=1S/C24H22FN3O3/c1-26-22(29)21-20-11-12-27(23(30)17-7-9-19(25)10-8-17)14-18(20)15-28(24(21)31)13-16-5-3-2-4-6-16/h2-10,15H,11-14H2,1H3,(H,26,29). The molecule has 6 nitrogen and oxygen atoms in total. The fraction of sp³-hybridized carbons (Fsp3) is 0.208. The highest BCUT2D eigenvalue weighted by molar-refractivity contribution is 5.96. The first-order valence-corrected chi connectivity index (χ1v) is 10.0. The van der Waals surface area contributed by atoms with Gasteiger partial charge in [-0.15, -0.1) is 0 Å². The van der Waals surface area contributed by atoms with Crippen LogP contribution in [0.2, 0.25) is 0 Å². The molecule has 0 saturated heterocycles. The van der Waals surface area contributed by atoms with Crippen molar-refractivity contribution in [3.8, 4) is 0 Å². The predicted molar refractivity (Wildman–Crippen MR) is 114 cm³/mol. The predicted octanol–water partition coefficient (Wildman–Crippen LogP) is 2.59. The van der Waals surface area contributed by atoms with Crippen LogP contribution in [0.1, 0.15) is 37.4 Å². The van der Waals surface area contributed by atoms with E-state index in [4.69, 9.17) is 0 Å². The summed E-state index contributed by atoms with van der Waals surface area (Å²) in [6, 6.07) is 14.9. The maximum atomic E-state index is 13.2. The third-order valence-corrected chi connectivity index (χ3v) is 5.50. The summed E-state index contributed by atoms with van der Waals surface area (Å²) >= 11 is 0. The van der Waals surface area contributed by atoms with Gasteiger partial charge in [0.1, 0.15) is 11.4 Å². The molecule has 1 N–H and O–H groups in total. The van der Waals surface area contributed by atoms with Crippen molar-refractivity contribution in [2.45, 2.75) is 19.5 Å². The highest BCUT2D eigenvalue weighted by Crippen LogP contribution is 2.23. The molecule has 1 aromatic heterocycles. The van der Waals surface area contributed by atoms with Crippen LogP contribution in [-0.4, -0.2) is 34.9 Å². The summed E-state index contributed by atoms with van der Waals surface area (Å²) in [4.78, 5) is 40.2. The molecule has 0 aliphatic carbocycles. The van der Waals surface area contributed by atoms with Crippen LogP contribution in [0.5, 0.6) is 0 Å². The summed E-state index contributed by atoms with van der Waals surface area (Å²) < 4.78 is 14.7. The van der Waals surface area contributed by atoms with Gasteiger partial charge in [-0.2, -0.15) is 0 Å². The molecule has 2 amide bonds. The summed E-state index contributed by atoms with van der Waals surface area (Å²) in [5.41, 5.74) is 2.55. The first-order valence-electron chi connectivity index (χ1n) is 10.0. The Labute approximate surface area is 178 Å². The largest absolute Gasteiger partial charge is 0.355 e. The van der Waals surface area contributed by atoms with Crippen molar-refractivity contribution in [1.29, 1.82) is 0 Å². The number of rotatable bonds is 4. The molecule has 0 unspecified atom stereocenters. The number of aromatic nitrogens is 1. The lowest BCUT2D eigenvalue weighted by Gasteiger charge is -2.30. The second-order valence-corrected chi connectivity index (χ2v) is 7.49. The van der Waals surface area contributed by atoms with Gasteiger partial charge >= 0.3 is 0 Å². The highest BCUT2D eigenvalue weighted by atomic mass is 19.1. The molecule has 158 valence electrons. The Hall–Kier alpha value is -3.74. The molecule has 0 spiro atoms. The zero-order chi connectivity index (χ0) is 22.0. The molecule has 4 rings (SSSR count). The number of pyridine rings is 1. The van der Waals surface area contributed by atoms with Crippen molar-refractivity contribution >= 4 is 11.8 Å². The van der Waals surface area contributed by atoms with E-state index in [0.717, 1.165) is 11.1 Å². The molecule has 3 aromatic rings. The topological polar surface area (TPSA) is 71.4 Å². The number of nitrogens with zero attached hydrogens (tertiary/aromatic N) is 2. The monoisotopic (exact) mass is 419 g/mol. The van der Waals surface area contributed by atoms with Crippen LogP contribution in [0.4, 0.5) is 4.39 Å².